The predicted octanol–water partition coefficient (Wildman–Crippen LogP) is 1.92. The van der Waals surface area contributed by atoms with Crippen LogP contribution in [-0.4, -0.2) is 56.3 Å². The van der Waals surface area contributed by atoms with Gasteiger partial charge in [-0.15, -0.1) is 0 Å². The summed E-state index contributed by atoms with van der Waals surface area (Å²) >= 11 is 0. The number of ether oxygens (including phenoxy) is 1. The molecule has 110 valence electrons. The van der Waals surface area contributed by atoms with Crippen molar-refractivity contribution < 1.29 is 14.6 Å². The minimum atomic E-state index is -0.891. The van der Waals surface area contributed by atoms with Crippen molar-refractivity contribution in [3.05, 3.63) is 23.8 Å². The number of carboxylic acids is 1. The van der Waals surface area contributed by atoms with Crippen LogP contribution in [0.3, 0.4) is 0 Å². The van der Waals surface area contributed by atoms with E-state index in [1.54, 1.807) is 19.2 Å². The zero-order valence-electron chi connectivity index (χ0n) is 12.3. The van der Waals surface area contributed by atoms with E-state index in [2.05, 4.69) is 9.80 Å². The van der Waals surface area contributed by atoms with Crippen LogP contribution in [0.15, 0.2) is 18.2 Å². The van der Waals surface area contributed by atoms with E-state index in [1.807, 2.05) is 20.2 Å². The maximum absolute atomic E-state index is 11.4. The summed E-state index contributed by atoms with van der Waals surface area (Å²) in [5, 5.41) is 9.38. The molecule has 1 aromatic carbocycles. The lowest BCUT2D eigenvalue weighted by Gasteiger charge is -2.30. The first-order valence-corrected chi connectivity index (χ1v) is 6.85. The molecular formula is C15H22N2O3. The third-order valence-electron chi connectivity index (χ3n) is 3.70. The number of carbonyl (C=O) groups is 1. The Labute approximate surface area is 119 Å². The summed E-state index contributed by atoms with van der Waals surface area (Å²) in [5.41, 5.74) is 1.11. The van der Waals surface area contributed by atoms with Crippen LogP contribution in [0.25, 0.3) is 0 Å². The Morgan fingerprint density at radius 1 is 1.50 bits per heavy atom. The molecule has 1 aliphatic rings. The Morgan fingerprint density at radius 3 is 2.85 bits per heavy atom. The van der Waals surface area contributed by atoms with Gasteiger partial charge < -0.3 is 19.6 Å². The van der Waals surface area contributed by atoms with Crippen molar-refractivity contribution >= 4 is 11.7 Å². The van der Waals surface area contributed by atoms with Crippen LogP contribution in [0.1, 0.15) is 23.2 Å². The molecule has 1 aromatic rings. The molecule has 5 heteroatoms. The molecule has 20 heavy (non-hydrogen) atoms. The smallest absolute Gasteiger partial charge is 0.337 e. The topological polar surface area (TPSA) is 53.0 Å². The number of hydrogen-bond donors (Lipinski definition) is 1. The van der Waals surface area contributed by atoms with Crippen molar-refractivity contribution in [2.75, 3.05) is 39.2 Å². The number of aromatic carboxylic acids is 1. The van der Waals surface area contributed by atoms with Crippen molar-refractivity contribution in [2.45, 2.75) is 18.9 Å². The van der Waals surface area contributed by atoms with Crippen LogP contribution in [-0.2, 0) is 0 Å². The molecule has 5 nitrogen and oxygen atoms in total. The zero-order chi connectivity index (χ0) is 14.7. The highest BCUT2D eigenvalue weighted by atomic mass is 16.5. The van der Waals surface area contributed by atoms with Gasteiger partial charge in [-0.1, -0.05) is 0 Å². The fraction of sp³-hybridized carbons (Fsp3) is 0.533. The molecule has 1 unspecified atom stereocenters. The van der Waals surface area contributed by atoms with Gasteiger partial charge in [-0.2, -0.15) is 0 Å². The van der Waals surface area contributed by atoms with Gasteiger partial charge in [-0.3, -0.25) is 0 Å². The number of rotatable bonds is 5. The molecule has 0 spiro atoms. The van der Waals surface area contributed by atoms with E-state index in [4.69, 9.17) is 4.74 Å². The van der Waals surface area contributed by atoms with Crippen LogP contribution in [0.4, 0.5) is 5.69 Å². The Hall–Kier alpha value is -1.75. The van der Waals surface area contributed by atoms with Gasteiger partial charge in [0.1, 0.15) is 5.75 Å². The second-order valence-corrected chi connectivity index (χ2v) is 5.44. The fourth-order valence-electron chi connectivity index (χ4n) is 2.82. The van der Waals surface area contributed by atoms with E-state index in [0.717, 1.165) is 31.6 Å². The summed E-state index contributed by atoms with van der Waals surface area (Å²) in [7, 11) is 5.68. The van der Waals surface area contributed by atoms with E-state index in [-0.39, 0.29) is 0 Å². The number of nitrogens with zero attached hydrogens (tertiary/aromatic N) is 2. The van der Waals surface area contributed by atoms with Crippen LogP contribution < -0.4 is 9.64 Å². The second-order valence-electron chi connectivity index (χ2n) is 5.44. The molecular weight excluding hydrogens is 256 g/mol. The highest BCUT2D eigenvalue weighted by molar-refractivity contribution is 5.95. The number of hydrogen-bond acceptors (Lipinski definition) is 4. The Balaban J connectivity index is 2.36. The van der Waals surface area contributed by atoms with Crippen molar-refractivity contribution in [3.63, 3.8) is 0 Å². The maximum Gasteiger partial charge on any atom is 0.337 e. The molecule has 0 saturated carbocycles. The Bertz CT molecular complexity index is 488. The van der Waals surface area contributed by atoms with Crippen molar-refractivity contribution in [3.8, 4) is 5.75 Å². The largest absolute Gasteiger partial charge is 0.497 e. The summed E-state index contributed by atoms with van der Waals surface area (Å²) in [6.45, 7) is 1.82. The first-order valence-electron chi connectivity index (χ1n) is 6.85. The van der Waals surface area contributed by atoms with Gasteiger partial charge >= 0.3 is 5.97 Å². The van der Waals surface area contributed by atoms with Crippen LogP contribution in [0, 0.1) is 0 Å². The first kappa shape index (κ1) is 14.7. The molecule has 0 bridgehead atoms. The van der Waals surface area contributed by atoms with E-state index >= 15 is 0 Å². The lowest BCUT2D eigenvalue weighted by molar-refractivity contribution is 0.0697. The van der Waals surface area contributed by atoms with E-state index < -0.39 is 5.97 Å². The van der Waals surface area contributed by atoms with Crippen LogP contribution in [0.5, 0.6) is 5.75 Å². The van der Waals surface area contributed by atoms with Gasteiger partial charge in [0.25, 0.3) is 0 Å². The minimum absolute atomic E-state index is 0.344. The van der Waals surface area contributed by atoms with Gasteiger partial charge in [-0.05, 0) is 39.1 Å². The average molecular weight is 278 g/mol. The average Bonchev–Trinajstić information content (AvgIpc) is 2.85. The van der Waals surface area contributed by atoms with Crippen LogP contribution in [0.2, 0.25) is 0 Å². The summed E-state index contributed by atoms with van der Waals surface area (Å²) < 4.78 is 5.24. The monoisotopic (exact) mass is 278 g/mol. The minimum Gasteiger partial charge on any atom is -0.497 e. The number of anilines is 1. The molecule has 0 radical (unpaired) electrons. The molecule has 0 aromatic heterocycles. The van der Waals surface area contributed by atoms with Gasteiger partial charge in [0, 0.05) is 25.2 Å². The van der Waals surface area contributed by atoms with E-state index in [9.17, 15) is 9.90 Å². The lowest BCUT2D eigenvalue weighted by Crippen LogP contribution is -2.38. The number of carboxylic acid groups (broad SMARTS) is 1. The molecule has 0 amide bonds. The molecule has 1 N–H and O–H groups in total. The standard InChI is InChI=1S/C15H22N2O3/c1-16(2)10-11-5-4-8-17(11)14-9-12(20-3)6-7-13(14)15(18)19/h6-7,9,11H,4-5,8,10H2,1-3H3,(H,18,19). The number of benzene rings is 1. The molecule has 1 fully saturated rings. The summed E-state index contributed by atoms with van der Waals surface area (Å²) in [6, 6.07) is 5.51. The van der Waals surface area contributed by atoms with E-state index in [1.165, 1.54) is 0 Å². The summed E-state index contributed by atoms with van der Waals surface area (Å²) in [6.07, 6.45) is 2.18. The van der Waals surface area contributed by atoms with Crippen molar-refractivity contribution in [1.82, 2.24) is 4.90 Å². The number of methoxy groups -OCH3 is 1. The first-order chi connectivity index (χ1) is 9.52. The highest BCUT2D eigenvalue weighted by Crippen LogP contribution is 2.32. The Kier molecular flexibility index (Phi) is 4.49. The molecule has 1 heterocycles. The molecule has 2 rings (SSSR count). The molecule has 1 atom stereocenters. The van der Waals surface area contributed by atoms with E-state index in [0.29, 0.717) is 17.4 Å². The highest BCUT2D eigenvalue weighted by Gasteiger charge is 2.28. The lowest BCUT2D eigenvalue weighted by atomic mass is 10.1. The Morgan fingerprint density at radius 2 is 2.25 bits per heavy atom. The van der Waals surface area contributed by atoms with Crippen LogP contribution >= 0.6 is 0 Å². The second kappa shape index (κ2) is 6.13. The van der Waals surface area contributed by atoms with Gasteiger partial charge in [0.2, 0.25) is 0 Å². The zero-order valence-corrected chi connectivity index (χ0v) is 12.3. The molecule has 1 saturated heterocycles. The number of likely N-dealkylation sites (N-methyl/N-ethyl adjacent to an activating group) is 1. The molecule has 1 aliphatic heterocycles. The third-order valence-corrected chi connectivity index (χ3v) is 3.70. The third kappa shape index (κ3) is 3.04. The van der Waals surface area contributed by atoms with Gasteiger partial charge in [-0.25, -0.2) is 4.79 Å². The predicted molar refractivity (Wildman–Crippen MR) is 78.9 cm³/mol. The summed E-state index contributed by atoms with van der Waals surface area (Å²) in [4.78, 5) is 15.8. The normalized spacial score (nSPS) is 18.6. The maximum atomic E-state index is 11.4. The van der Waals surface area contributed by atoms with Crippen molar-refractivity contribution in [2.24, 2.45) is 0 Å². The van der Waals surface area contributed by atoms with Gasteiger partial charge in [0.05, 0.1) is 18.4 Å². The quantitative estimate of drug-likeness (QED) is 0.892. The fourth-order valence-corrected chi connectivity index (χ4v) is 2.82. The van der Waals surface area contributed by atoms with Gasteiger partial charge in [0.15, 0.2) is 0 Å². The molecule has 0 aliphatic carbocycles. The summed E-state index contributed by atoms with van der Waals surface area (Å²) in [5.74, 6) is -0.196. The van der Waals surface area contributed by atoms with Crippen molar-refractivity contribution in [1.29, 1.82) is 0 Å². The SMILES string of the molecule is COc1ccc(C(=O)O)c(N2CCCC2CN(C)C)c1.